The molecule has 0 bridgehead atoms. The summed E-state index contributed by atoms with van der Waals surface area (Å²) in [5.74, 6) is 0.545. The number of carbonyl (C=O) groups is 1. The maximum absolute atomic E-state index is 11.9. The van der Waals surface area contributed by atoms with Crippen molar-refractivity contribution in [1.82, 2.24) is 9.55 Å². The van der Waals surface area contributed by atoms with E-state index in [2.05, 4.69) is 4.98 Å². The van der Waals surface area contributed by atoms with Gasteiger partial charge >= 0.3 is 5.97 Å². The van der Waals surface area contributed by atoms with Gasteiger partial charge in [0.05, 0.1) is 12.1 Å². The number of hydrogen-bond acceptors (Lipinski definition) is 4. The Morgan fingerprint density at radius 3 is 2.79 bits per heavy atom. The number of nitrogens with zero attached hydrogens (tertiary/aromatic N) is 2. The fourth-order valence-electron chi connectivity index (χ4n) is 1.89. The molecule has 0 aliphatic carbocycles. The third-order valence-corrected chi connectivity index (χ3v) is 2.82. The van der Waals surface area contributed by atoms with Crippen LogP contribution < -0.4 is 5.73 Å². The van der Waals surface area contributed by atoms with Gasteiger partial charge in [-0.2, -0.15) is 0 Å². The van der Waals surface area contributed by atoms with Gasteiger partial charge in [0.1, 0.15) is 12.4 Å². The van der Waals surface area contributed by atoms with Crippen molar-refractivity contribution in [3.8, 4) is 0 Å². The van der Waals surface area contributed by atoms with Crippen LogP contribution in [0.15, 0.2) is 30.6 Å². The van der Waals surface area contributed by atoms with Crippen molar-refractivity contribution >= 4 is 11.7 Å². The van der Waals surface area contributed by atoms with Crippen molar-refractivity contribution in [3.63, 3.8) is 0 Å². The van der Waals surface area contributed by atoms with Gasteiger partial charge < -0.3 is 15.0 Å². The lowest BCUT2D eigenvalue weighted by Crippen LogP contribution is -2.12. The molecular formula is C14H17N3O2. The zero-order valence-electron chi connectivity index (χ0n) is 11.1. The lowest BCUT2D eigenvalue weighted by atomic mass is 10.1. The second-order valence-corrected chi connectivity index (χ2v) is 4.44. The molecule has 100 valence electrons. The van der Waals surface area contributed by atoms with Crippen molar-refractivity contribution in [2.24, 2.45) is 0 Å². The average Bonchev–Trinajstić information content (AvgIpc) is 2.74. The molecule has 5 heteroatoms. The maximum atomic E-state index is 11.9. The molecule has 19 heavy (non-hydrogen) atoms. The van der Waals surface area contributed by atoms with Crippen LogP contribution in [0.3, 0.4) is 0 Å². The van der Waals surface area contributed by atoms with Crippen molar-refractivity contribution in [2.45, 2.75) is 20.4 Å². The Morgan fingerprint density at radius 1 is 1.37 bits per heavy atom. The zero-order valence-corrected chi connectivity index (χ0v) is 11.1. The minimum atomic E-state index is -0.354. The normalized spacial score (nSPS) is 10.4. The highest BCUT2D eigenvalue weighted by Gasteiger charge is 2.08. The zero-order chi connectivity index (χ0) is 13.8. The molecule has 0 spiro atoms. The highest BCUT2D eigenvalue weighted by atomic mass is 16.5. The molecule has 0 aliphatic rings. The standard InChI is InChI=1S/C14H17N3O2/c1-10-7-12(9-13(15)8-10)14(18)19-6-5-17-4-3-16-11(17)2/h3-4,7-9H,5-6,15H2,1-2H3. The third-order valence-electron chi connectivity index (χ3n) is 2.82. The minimum Gasteiger partial charge on any atom is -0.460 e. The van der Waals surface area contributed by atoms with E-state index in [9.17, 15) is 4.79 Å². The molecule has 0 saturated heterocycles. The van der Waals surface area contributed by atoms with E-state index in [-0.39, 0.29) is 5.97 Å². The highest BCUT2D eigenvalue weighted by Crippen LogP contribution is 2.12. The Labute approximate surface area is 112 Å². The van der Waals surface area contributed by atoms with Gasteiger partial charge in [0.25, 0.3) is 0 Å². The Balaban J connectivity index is 1.92. The van der Waals surface area contributed by atoms with Gasteiger partial charge in [-0.25, -0.2) is 9.78 Å². The van der Waals surface area contributed by atoms with Crippen LogP contribution in [-0.2, 0) is 11.3 Å². The number of imidazole rings is 1. The van der Waals surface area contributed by atoms with Crippen LogP contribution in [0.25, 0.3) is 0 Å². The largest absolute Gasteiger partial charge is 0.460 e. The Bertz CT molecular complexity index is 570. The molecule has 1 aromatic heterocycles. The number of aryl methyl sites for hydroxylation is 2. The number of carbonyl (C=O) groups excluding carboxylic acids is 1. The van der Waals surface area contributed by atoms with E-state index in [1.54, 1.807) is 18.3 Å². The van der Waals surface area contributed by atoms with E-state index in [4.69, 9.17) is 10.5 Å². The van der Waals surface area contributed by atoms with E-state index < -0.39 is 0 Å². The second-order valence-electron chi connectivity index (χ2n) is 4.44. The Kier molecular flexibility index (Phi) is 3.85. The number of ether oxygens (including phenoxy) is 1. The quantitative estimate of drug-likeness (QED) is 0.673. The summed E-state index contributed by atoms with van der Waals surface area (Å²) in [5.41, 5.74) is 7.70. The summed E-state index contributed by atoms with van der Waals surface area (Å²) in [6.07, 6.45) is 3.58. The fourth-order valence-corrected chi connectivity index (χ4v) is 1.89. The van der Waals surface area contributed by atoms with Crippen LogP contribution in [-0.4, -0.2) is 22.1 Å². The monoisotopic (exact) mass is 259 g/mol. The van der Waals surface area contributed by atoms with Gasteiger partial charge in [-0.05, 0) is 37.6 Å². The highest BCUT2D eigenvalue weighted by molar-refractivity contribution is 5.90. The van der Waals surface area contributed by atoms with Gasteiger partial charge in [0, 0.05) is 18.1 Å². The summed E-state index contributed by atoms with van der Waals surface area (Å²) in [5, 5.41) is 0. The van der Waals surface area contributed by atoms with Crippen molar-refractivity contribution in [1.29, 1.82) is 0 Å². The molecule has 2 rings (SSSR count). The van der Waals surface area contributed by atoms with E-state index in [1.165, 1.54) is 0 Å². The lowest BCUT2D eigenvalue weighted by Gasteiger charge is -2.08. The van der Waals surface area contributed by atoms with E-state index in [1.807, 2.05) is 30.7 Å². The van der Waals surface area contributed by atoms with Crippen molar-refractivity contribution in [2.75, 3.05) is 12.3 Å². The van der Waals surface area contributed by atoms with Crippen LogP contribution in [0, 0.1) is 13.8 Å². The van der Waals surface area contributed by atoms with E-state index in [0.717, 1.165) is 11.4 Å². The summed E-state index contributed by atoms with van der Waals surface area (Å²) >= 11 is 0. The molecule has 0 radical (unpaired) electrons. The molecule has 2 aromatic rings. The number of rotatable bonds is 4. The summed E-state index contributed by atoms with van der Waals surface area (Å²) < 4.78 is 7.15. The number of nitrogens with two attached hydrogens (primary N) is 1. The van der Waals surface area contributed by atoms with Crippen molar-refractivity contribution in [3.05, 3.63) is 47.5 Å². The molecular weight excluding hydrogens is 242 g/mol. The average molecular weight is 259 g/mol. The van der Waals surface area contributed by atoms with Gasteiger partial charge in [-0.3, -0.25) is 0 Å². The molecule has 0 amide bonds. The number of benzene rings is 1. The minimum absolute atomic E-state index is 0.309. The summed E-state index contributed by atoms with van der Waals surface area (Å²) in [6, 6.07) is 5.20. The molecule has 0 atom stereocenters. The molecule has 2 N–H and O–H groups in total. The van der Waals surface area contributed by atoms with Crippen LogP contribution in [0.5, 0.6) is 0 Å². The number of aromatic nitrogens is 2. The number of hydrogen-bond donors (Lipinski definition) is 1. The molecule has 0 unspecified atom stereocenters. The first-order chi connectivity index (χ1) is 9.06. The van der Waals surface area contributed by atoms with Gasteiger partial charge in [-0.1, -0.05) is 0 Å². The van der Waals surface area contributed by atoms with Gasteiger partial charge in [0.15, 0.2) is 0 Å². The smallest absolute Gasteiger partial charge is 0.338 e. The van der Waals surface area contributed by atoms with Crippen LogP contribution >= 0.6 is 0 Å². The van der Waals surface area contributed by atoms with Crippen molar-refractivity contribution < 1.29 is 9.53 Å². The van der Waals surface area contributed by atoms with Gasteiger partial charge in [-0.15, -0.1) is 0 Å². The molecule has 5 nitrogen and oxygen atoms in total. The predicted molar refractivity (Wildman–Crippen MR) is 72.8 cm³/mol. The first kappa shape index (κ1) is 13.1. The topological polar surface area (TPSA) is 70.1 Å². The van der Waals surface area contributed by atoms with E-state index >= 15 is 0 Å². The molecule has 0 saturated carbocycles. The number of esters is 1. The lowest BCUT2D eigenvalue weighted by molar-refractivity contribution is 0.0490. The number of nitrogen functional groups attached to an aromatic ring is 1. The molecule has 1 heterocycles. The maximum Gasteiger partial charge on any atom is 0.338 e. The molecule has 0 fully saturated rings. The van der Waals surface area contributed by atoms with Gasteiger partial charge in [0.2, 0.25) is 0 Å². The Hall–Kier alpha value is -2.30. The van der Waals surface area contributed by atoms with Crippen LogP contribution in [0.2, 0.25) is 0 Å². The first-order valence-electron chi connectivity index (χ1n) is 6.08. The van der Waals surface area contributed by atoms with Crippen LogP contribution in [0.4, 0.5) is 5.69 Å². The predicted octanol–water partition coefficient (Wildman–Crippen LogP) is 1.94. The summed E-state index contributed by atoms with van der Waals surface area (Å²) in [4.78, 5) is 16.0. The summed E-state index contributed by atoms with van der Waals surface area (Å²) in [6.45, 7) is 4.70. The first-order valence-corrected chi connectivity index (χ1v) is 6.08. The molecule has 0 aliphatic heterocycles. The van der Waals surface area contributed by atoms with Crippen LogP contribution in [0.1, 0.15) is 21.7 Å². The SMILES string of the molecule is Cc1cc(N)cc(C(=O)OCCn2ccnc2C)c1. The molecule has 1 aromatic carbocycles. The number of anilines is 1. The fraction of sp³-hybridized carbons (Fsp3) is 0.286. The second kappa shape index (κ2) is 5.56. The Morgan fingerprint density at radius 2 is 2.16 bits per heavy atom. The third kappa shape index (κ3) is 3.34. The van der Waals surface area contributed by atoms with E-state index in [0.29, 0.717) is 24.4 Å². The summed E-state index contributed by atoms with van der Waals surface area (Å²) in [7, 11) is 0.